The number of benzene rings is 2. The minimum atomic E-state index is -0.451. The van der Waals surface area contributed by atoms with E-state index in [0.29, 0.717) is 11.3 Å². The molecule has 2 N–H and O–H groups in total. The molecule has 3 heterocycles. The average molecular weight is 412 g/mol. The van der Waals surface area contributed by atoms with E-state index in [1.54, 1.807) is 29.7 Å². The maximum atomic E-state index is 12.6. The van der Waals surface area contributed by atoms with Crippen LogP contribution in [0.5, 0.6) is 5.88 Å². The van der Waals surface area contributed by atoms with Gasteiger partial charge in [0.2, 0.25) is 5.88 Å². The lowest BCUT2D eigenvalue weighted by molar-refractivity contribution is 0.102. The minimum Gasteiger partial charge on any atom is -0.493 e. The van der Waals surface area contributed by atoms with Crippen molar-refractivity contribution in [2.24, 2.45) is 0 Å². The molecule has 2 aromatic carbocycles. The Morgan fingerprint density at radius 1 is 0.967 bits per heavy atom. The topological polar surface area (TPSA) is 79.5 Å². The number of para-hydroxylation sites is 1. The highest BCUT2D eigenvalue weighted by Crippen LogP contribution is 2.35. The van der Waals surface area contributed by atoms with Crippen molar-refractivity contribution in [1.29, 1.82) is 0 Å². The highest BCUT2D eigenvalue weighted by molar-refractivity contribution is 7.14. The predicted octanol–water partition coefficient (Wildman–Crippen LogP) is 5.08. The highest BCUT2D eigenvalue weighted by Gasteiger charge is 2.19. The maximum Gasteiger partial charge on any atom is 0.262 e. The third kappa shape index (κ3) is 3.21. The second kappa shape index (κ2) is 7.46. The predicted molar refractivity (Wildman–Crippen MR) is 118 cm³/mol. The molecule has 0 saturated heterocycles. The number of nitrogens with one attached hydrogen (secondary N) is 1. The van der Waals surface area contributed by atoms with Crippen molar-refractivity contribution in [3.8, 4) is 27.4 Å². The van der Waals surface area contributed by atoms with E-state index in [1.165, 1.54) is 10.7 Å². The normalized spacial score (nSPS) is 10.9. The van der Waals surface area contributed by atoms with Gasteiger partial charge in [-0.3, -0.25) is 4.79 Å². The van der Waals surface area contributed by atoms with E-state index in [1.807, 2.05) is 36.4 Å². The Balaban J connectivity index is 1.49. The van der Waals surface area contributed by atoms with E-state index in [2.05, 4.69) is 39.0 Å². The fraction of sp³-hybridized carbons (Fsp3) is 0. The summed E-state index contributed by atoms with van der Waals surface area (Å²) >= 11 is 1.58. The van der Waals surface area contributed by atoms with Gasteiger partial charge in [0.25, 0.3) is 5.91 Å². The summed E-state index contributed by atoms with van der Waals surface area (Å²) in [6.45, 7) is 0. The van der Waals surface area contributed by atoms with Gasteiger partial charge in [0.05, 0.1) is 11.8 Å². The van der Waals surface area contributed by atoms with Crippen LogP contribution in [0.15, 0.2) is 84.5 Å². The molecule has 0 aliphatic rings. The Morgan fingerprint density at radius 3 is 2.47 bits per heavy atom. The molecular weight excluding hydrogens is 396 g/mol. The van der Waals surface area contributed by atoms with E-state index in [4.69, 9.17) is 0 Å². The highest BCUT2D eigenvalue weighted by atomic mass is 32.1. The van der Waals surface area contributed by atoms with Crippen molar-refractivity contribution < 1.29 is 9.90 Å². The van der Waals surface area contributed by atoms with Crippen LogP contribution in [0.3, 0.4) is 0 Å². The summed E-state index contributed by atoms with van der Waals surface area (Å²) in [5.74, 6) is -0.702. The largest absolute Gasteiger partial charge is 0.493 e. The van der Waals surface area contributed by atoms with E-state index < -0.39 is 5.91 Å². The number of carbonyl (C=O) groups excluding carboxylic acids is 1. The Kier molecular flexibility index (Phi) is 4.49. The van der Waals surface area contributed by atoms with Crippen molar-refractivity contribution in [1.82, 2.24) is 14.6 Å². The smallest absolute Gasteiger partial charge is 0.262 e. The molecule has 0 aliphatic heterocycles. The van der Waals surface area contributed by atoms with Crippen LogP contribution in [-0.4, -0.2) is 25.6 Å². The molecule has 30 heavy (non-hydrogen) atoms. The molecule has 3 aromatic heterocycles. The van der Waals surface area contributed by atoms with E-state index >= 15 is 0 Å². The first kappa shape index (κ1) is 18.1. The zero-order valence-electron chi connectivity index (χ0n) is 15.7. The van der Waals surface area contributed by atoms with Crippen LogP contribution in [0.25, 0.3) is 27.2 Å². The molecular formula is C23H16N4O2S. The summed E-state index contributed by atoms with van der Waals surface area (Å²) in [6, 6.07) is 21.2. The van der Waals surface area contributed by atoms with Gasteiger partial charge in [-0.25, -0.2) is 4.98 Å². The number of nitrogens with zero attached hydrogens (tertiary/aromatic N) is 3. The number of rotatable bonds is 4. The number of hydrogen-bond donors (Lipinski definition) is 2. The van der Waals surface area contributed by atoms with Gasteiger partial charge in [0.15, 0.2) is 5.65 Å². The van der Waals surface area contributed by atoms with Crippen molar-refractivity contribution in [3.05, 3.63) is 90.1 Å². The van der Waals surface area contributed by atoms with Crippen LogP contribution >= 0.6 is 11.3 Å². The lowest BCUT2D eigenvalue weighted by Gasteiger charge is -2.07. The summed E-state index contributed by atoms with van der Waals surface area (Å²) in [5, 5.41) is 19.7. The van der Waals surface area contributed by atoms with Crippen molar-refractivity contribution >= 4 is 28.6 Å². The Morgan fingerprint density at radius 2 is 1.70 bits per heavy atom. The monoisotopic (exact) mass is 412 g/mol. The molecule has 5 rings (SSSR count). The van der Waals surface area contributed by atoms with Crippen LogP contribution in [0.1, 0.15) is 10.4 Å². The number of aromatic nitrogens is 3. The summed E-state index contributed by atoms with van der Waals surface area (Å²) in [4.78, 5) is 18.0. The Labute approximate surface area is 176 Å². The SMILES string of the molecule is O=C(Nc1ccccc1)c1cnc2c(-c3cc(-c4ccccc4)cs3)cnn2c1O. The fourth-order valence-electron chi connectivity index (χ4n) is 3.23. The molecule has 0 fully saturated rings. The van der Waals surface area contributed by atoms with Crippen LogP contribution in [0.4, 0.5) is 5.69 Å². The summed E-state index contributed by atoms with van der Waals surface area (Å²) in [7, 11) is 0. The van der Waals surface area contributed by atoms with Gasteiger partial charge < -0.3 is 10.4 Å². The summed E-state index contributed by atoms with van der Waals surface area (Å²) in [5.41, 5.74) is 4.22. The molecule has 146 valence electrons. The molecule has 0 bridgehead atoms. The molecule has 0 unspecified atom stereocenters. The number of hydrogen-bond acceptors (Lipinski definition) is 5. The van der Waals surface area contributed by atoms with E-state index in [9.17, 15) is 9.90 Å². The molecule has 6 nitrogen and oxygen atoms in total. The van der Waals surface area contributed by atoms with Gasteiger partial charge in [-0.05, 0) is 34.7 Å². The van der Waals surface area contributed by atoms with Crippen molar-refractivity contribution in [2.75, 3.05) is 5.32 Å². The molecule has 0 radical (unpaired) electrons. The van der Waals surface area contributed by atoms with Crippen LogP contribution in [-0.2, 0) is 0 Å². The third-order valence-electron chi connectivity index (χ3n) is 4.75. The number of carbonyl (C=O) groups is 1. The molecule has 5 aromatic rings. The van der Waals surface area contributed by atoms with Crippen molar-refractivity contribution in [2.45, 2.75) is 0 Å². The second-order valence-corrected chi connectivity index (χ2v) is 7.59. The maximum absolute atomic E-state index is 12.6. The number of thiophene rings is 1. The van der Waals surface area contributed by atoms with E-state index in [-0.39, 0.29) is 11.4 Å². The Hall–Kier alpha value is -3.97. The second-order valence-electron chi connectivity index (χ2n) is 6.67. The number of anilines is 1. The summed E-state index contributed by atoms with van der Waals surface area (Å²) < 4.78 is 1.29. The Bertz CT molecular complexity index is 1340. The molecule has 0 atom stereocenters. The standard InChI is InChI=1S/C23H16N4O2S/c28-22(26-17-9-5-2-6-10-17)19-12-24-21-18(13-25-27(21)23(19)29)20-11-16(14-30-20)15-7-3-1-4-8-15/h1-14,29H,(H,26,28). The summed E-state index contributed by atoms with van der Waals surface area (Å²) in [6.07, 6.45) is 3.03. The lowest BCUT2D eigenvalue weighted by atomic mass is 10.1. The van der Waals surface area contributed by atoms with Crippen LogP contribution < -0.4 is 5.32 Å². The number of aromatic hydroxyl groups is 1. The molecule has 0 saturated carbocycles. The zero-order chi connectivity index (χ0) is 20.5. The number of amides is 1. The molecule has 0 spiro atoms. The van der Waals surface area contributed by atoms with Crippen LogP contribution in [0.2, 0.25) is 0 Å². The fourth-order valence-corrected chi connectivity index (χ4v) is 4.16. The quantitative estimate of drug-likeness (QED) is 0.431. The lowest BCUT2D eigenvalue weighted by Crippen LogP contribution is -2.14. The first-order valence-electron chi connectivity index (χ1n) is 9.27. The minimum absolute atomic E-state index is 0.0529. The van der Waals surface area contributed by atoms with Gasteiger partial charge in [-0.1, -0.05) is 48.5 Å². The van der Waals surface area contributed by atoms with Crippen molar-refractivity contribution in [3.63, 3.8) is 0 Å². The van der Waals surface area contributed by atoms with E-state index in [0.717, 1.165) is 21.6 Å². The zero-order valence-corrected chi connectivity index (χ0v) is 16.5. The molecule has 1 amide bonds. The third-order valence-corrected chi connectivity index (χ3v) is 5.71. The van der Waals surface area contributed by atoms with Gasteiger partial charge in [0, 0.05) is 16.8 Å². The molecule has 7 heteroatoms. The van der Waals surface area contributed by atoms with Gasteiger partial charge >= 0.3 is 0 Å². The van der Waals surface area contributed by atoms with Gasteiger partial charge in [0.1, 0.15) is 5.56 Å². The number of fused-ring (bicyclic) bond motifs is 1. The van der Waals surface area contributed by atoms with Crippen LogP contribution in [0, 0.1) is 0 Å². The molecule has 0 aliphatic carbocycles. The first-order chi connectivity index (χ1) is 14.7. The van der Waals surface area contributed by atoms with Gasteiger partial charge in [-0.15, -0.1) is 11.3 Å². The first-order valence-corrected chi connectivity index (χ1v) is 10.1. The average Bonchev–Trinajstić information content (AvgIpc) is 3.43. The van der Waals surface area contributed by atoms with Gasteiger partial charge in [-0.2, -0.15) is 9.61 Å².